The van der Waals surface area contributed by atoms with E-state index in [0.29, 0.717) is 11.4 Å². The van der Waals surface area contributed by atoms with Gasteiger partial charge in [0, 0.05) is 17.7 Å². The molecule has 4 nitrogen and oxygen atoms in total. The Morgan fingerprint density at radius 1 is 1.53 bits per heavy atom. The fourth-order valence-corrected chi connectivity index (χ4v) is 1.19. The summed E-state index contributed by atoms with van der Waals surface area (Å²) < 4.78 is 5.13. The van der Waals surface area contributed by atoms with E-state index >= 15 is 0 Å². The van der Waals surface area contributed by atoms with Crippen LogP contribution in [0.2, 0.25) is 0 Å². The zero-order valence-electron chi connectivity index (χ0n) is 8.57. The zero-order valence-corrected chi connectivity index (χ0v) is 8.57. The molecule has 0 spiro atoms. The number of benzene rings is 1. The number of nitrogens with two attached hydrogens (primary N) is 2. The highest BCUT2D eigenvalue weighted by Crippen LogP contribution is 2.22. The van der Waals surface area contributed by atoms with E-state index < -0.39 is 0 Å². The molecule has 0 saturated heterocycles. The lowest BCUT2D eigenvalue weighted by molar-refractivity contribution is -0.117. The Morgan fingerprint density at radius 2 is 2.27 bits per heavy atom. The van der Waals surface area contributed by atoms with E-state index in [1.807, 2.05) is 0 Å². The molecule has 0 fully saturated rings. The van der Waals surface area contributed by atoms with Crippen molar-refractivity contribution in [3.63, 3.8) is 0 Å². The Morgan fingerprint density at radius 3 is 2.87 bits per heavy atom. The number of methoxy groups -OCH3 is 1. The van der Waals surface area contributed by atoms with E-state index in [1.165, 1.54) is 0 Å². The van der Waals surface area contributed by atoms with Crippen LogP contribution in [-0.2, 0) is 4.79 Å². The maximum atomic E-state index is 10.5. The van der Waals surface area contributed by atoms with Crippen LogP contribution in [0.1, 0.15) is 12.0 Å². The van der Waals surface area contributed by atoms with Crippen LogP contribution in [0, 0.1) is 0 Å². The Bertz CT molecular complexity index is 386. The fraction of sp³-hybridized carbons (Fsp3) is 0.182. The van der Waals surface area contributed by atoms with Crippen LogP contribution in [0.3, 0.4) is 0 Å². The number of amides is 1. The number of carbonyl (C=O) groups is 1. The van der Waals surface area contributed by atoms with Crippen molar-refractivity contribution in [2.45, 2.75) is 6.42 Å². The molecular weight excluding hydrogens is 192 g/mol. The second-order valence-corrected chi connectivity index (χ2v) is 3.07. The van der Waals surface area contributed by atoms with Crippen LogP contribution in [0.4, 0.5) is 5.69 Å². The standard InChI is InChI=1S/C11H14N2O2/c1-15-10-6-5-9(12)7-8(10)3-2-4-11(13)14/h2-3,5-7H,4,12H2,1H3,(H2,13,14). The molecule has 1 aromatic carbocycles. The first-order chi connectivity index (χ1) is 7.13. The monoisotopic (exact) mass is 206 g/mol. The van der Waals surface area contributed by atoms with E-state index in [1.54, 1.807) is 37.5 Å². The number of nitrogen functional groups attached to an aromatic ring is 1. The summed E-state index contributed by atoms with van der Waals surface area (Å²) in [5.41, 5.74) is 12.1. The van der Waals surface area contributed by atoms with Crippen LogP contribution < -0.4 is 16.2 Å². The lowest BCUT2D eigenvalue weighted by Gasteiger charge is -2.05. The van der Waals surface area contributed by atoms with Gasteiger partial charge >= 0.3 is 0 Å². The minimum atomic E-state index is -0.367. The van der Waals surface area contributed by atoms with E-state index in [2.05, 4.69) is 0 Å². The van der Waals surface area contributed by atoms with Crippen molar-refractivity contribution in [3.05, 3.63) is 29.8 Å². The van der Waals surface area contributed by atoms with Crippen molar-refractivity contribution in [2.75, 3.05) is 12.8 Å². The summed E-state index contributed by atoms with van der Waals surface area (Å²) >= 11 is 0. The van der Waals surface area contributed by atoms with Gasteiger partial charge in [-0.25, -0.2) is 0 Å². The first kappa shape index (κ1) is 11.1. The van der Waals surface area contributed by atoms with Gasteiger partial charge in [0.2, 0.25) is 5.91 Å². The smallest absolute Gasteiger partial charge is 0.221 e. The van der Waals surface area contributed by atoms with Crippen molar-refractivity contribution < 1.29 is 9.53 Å². The van der Waals surface area contributed by atoms with Gasteiger partial charge in [-0.2, -0.15) is 0 Å². The van der Waals surface area contributed by atoms with Gasteiger partial charge in [-0.05, 0) is 18.2 Å². The van der Waals surface area contributed by atoms with Crippen molar-refractivity contribution >= 4 is 17.7 Å². The first-order valence-corrected chi connectivity index (χ1v) is 4.52. The van der Waals surface area contributed by atoms with Crippen LogP contribution in [0.25, 0.3) is 6.08 Å². The molecule has 0 atom stereocenters. The molecule has 0 aliphatic heterocycles. The predicted octanol–water partition coefficient (Wildman–Crippen LogP) is 1.17. The average molecular weight is 206 g/mol. The molecule has 1 amide bonds. The molecule has 0 unspecified atom stereocenters. The summed E-state index contributed by atoms with van der Waals surface area (Å²) in [5.74, 6) is 0.346. The van der Waals surface area contributed by atoms with Gasteiger partial charge in [0.1, 0.15) is 5.75 Å². The Kier molecular flexibility index (Phi) is 3.74. The number of primary amides is 1. The minimum absolute atomic E-state index is 0.206. The number of carbonyl (C=O) groups excluding carboxylic acids is 1. The predicted molar refractivity (Wildman–Crippen MR) is 60.3 cm³/mol. The van der Waals surface area contributed by atoms with Crippen LogP contribution in [0.5, 0.6) is 5.75 Å². The highest BCUT2D eigenvalue weighted by molar-refractivity contribution is 5.77. The van der Waals surface area contributed by atoms with Crippen LogP contribution in [0.15, 0.2) is 24.3 Å². The average Bonchev–Trinajstić information content (AvgIpc) is 2.17. The number of hydrogen-bond acceptors (Lipinski definition) is 3. The number of ether oxygens (including phenoxy) is 1. The summed E-state index contributed by atoms with van der Waals surface area (Å²) in [7, 11) is 1.58. The first-order valence-electron chi connectivity index (χ1n) is 4.52. The van der Waals surface area contributed by atoms with Crippen LogP contribution in [-0.4, -0.2) is 13.0 Å². The second-order valence-electron chi connectivity index (χ2n) is 3.07. The van der Waals surface area contributed by atoms with E-state index in [4.69, 9.17) is 16.2 Å². The Hall–Kier alpha value is -1.97. The van der Waals surface area contributed by atoms with Gasteiger partial charge in [-0.3, -0.25) is 4.79 Å². The number of hydrogen-bond donors (Lipinski definition) is 2. The van der Waals surface area contributed by atoms with Gasteiger partial charge in [0.15, 0.2) is 0 Å². The van der Waals surface area contributed by atoms with Gasteiger partial charge in [-0.15, -0.1) is 0 Å². The Labute approximate surface area is 88.5 Å². The van der Waals surface area contributed by atoms with Crippen LogP contribution >= 0.6 is 0 Å². The summed E-state index contributed by atoms with van der Waals surface area (Å²) in [6.45, 7) is 0. The lowest BCUT2D eigenvalue weighted by Crippen LogP contribution is -2.07. The Balaban J connectivity index is 2.87. The quantitative estimate of drug-likeness (QED) is 0.726. The lowest BCUT2D eigenvalue weighted by atomic mass is 10.1. The number of rotatable bonds is 4. The molecule has 0 heterocycles. The molecule has 4 N–H and O–H groups in total. The maximum Gasteiger partial charge on any atom is 0.221 e. The third-order valence-corrected chi connectivity index (χ3v) is 1.87. The van der Waals surface area contributed by atoms with Gasteiger partial charge in [0.25, 0.3) is 0 Å². The molecule has 0 saturated carbocycles. The molecule has 15 heavy (non-hydrogen) atoms. The molecule has 0 aliphatic rings. The van der Waals surface area contributed by atoms with Crippen molar-refractivity contribution in [1.29, 1.82) is 0 Å². The highest BCUT2D eigenvalue weighted by Gasteiger charge is 1.99. The van der Waals surface area contributed by atoms with Crippen molar-refractivity contribution in [1.82, 2.24) is 0 Å². The fourth-order valence-electron chi connectivity index (χ4n) is 1.19. The molecule has 4 heteroatoms. The third kappa shape index (κ3) is 3.34. The number of anilines is 1. The normalized spacial score (nSPS) is 10.5. The molecule has 1 rings (SSSR count). The van der Waals surface area contributed by atoms with Crippen molar-refractivity contribution in [2.24, 2.45) is 5.73 Å². The second kappa shape index (κ2) is 5.05. The maximum absolute atomic E-state index is 10.5. The van der Waals surface area contributed by atoms with E-state index in [-0.39, 0.29) is 12.3 Å². The van der Waals surface area contributed by atoms with Crippen molar-refractivity contribution in [3.8, 4) is 5.75 Å². The molecule has 80 valence electrons. The van der Waals surface area contributed by atoms with E-state index in [0.717, 1.165) is 5.56 Å². The molecular formula is C11H14N2O2. The third-order valence-electron chi connectivity index (χ3n) is 1.87. The minimum Gasteiger partial charge on any atom is -0.496 e. The topological polar surface area (TPSA) is 78.3 Å². The molecule has 0 aliphatic carbocycles. The summed E-state index contributed by atoms with van der Waals surface area (Å²) in [6, 6.07) is 5.31. The summed E-state index contributed by atoms with van der Waals surface area (Å²) in [6.07, 6.45) is 3.65. The highest BCUT2D eigenvalue weighted by atomic mass is 16.5. The molecule has 0 aromatic heterocycles. The molecule has 1 aromatic rings. The molecule has 0 bridgehead atoms. The van der Waals surface area contributed by atoms with Gasteiger partial charge in [-0.1, -0.05) is 12.2 Å². The zero-order chi connectivity index (χ0) is 11.3. The summed E-state index contributed by atoms with van der Waals surface area (Å²) in [5, 5.41) is 0. The van der Waals surface area contributed by atoms with Gasteiger partial charge in [0.05, 0.1) is 7.11 Å². The SMILES string of the molecule is COc1ccc(N)cc1C=CCC(N)=O. The summed E-state index contributed by atoms with van der Waals surface area (Å²) in [4.78, 5) is 10.5. The van der Waals surface area contributed by atoms with E-state index in [9.17, 15) is 4.79 Å². The largest absolute Gasteiger partial charge is 0.496 e. The van der Waals surface area contributed by atoms with Gasteiger partial charge < -0.3 is 16.2 Å². The molecule has 0 radical (unpaired) electrons.